The highest BCUT2D eigenvalue weighted by Crippen LogP contribution is 2.37. The second-order valence-electron chi connectivity index (χ2n) is 15.1. The number of imide groups is 2. The number of rotatable bonds is 11. The van der Waals surface area contributed by atoms with Gasteiger partial charge in [-0.2, -0.15) is 22.2 Å². The molecule has 2 aliphatic carbocycles. The maximum absolute atomic E-state index is 13.0. The smallest absolute Gasteiger partial charge is 0.373 e. The van der Waals surface area contributed by atoms with Gasteiger partial charge in [-0.1, -0.05) is 49.1 Å². The molecule has 64 heavy (non-hydrogen) atoms. The molecule has 4 aliphatic rings. The SMILES string of the molecule is CCSC(=CC1CC1)C1=CCCN(C(=O)/C=C/c2cc(C)c(C)c(OC)c2)C1=O.COC(=O)CS.COc1cc(/C=C/C(=O)N2CCC=C(C#CC3CC3)C2=O)cc(C)c1C.O=C=O. The lowest BCUT2D eigenvalue weighted by molar-refractivity contribution is -0.191. The van der Waals surface area contributed by atoms with Crippen molar-refractivity contribution >= 4 is 72.3 Å². The Kier molecular flexibility index (Phi) is 21.9. The first-order chi connectivity index (χ1) is 30.7. The minimum Gasteiger partial charge on any atom is -0.496 e. The molecule has 0 N–H and O–H groups in total. The fraction of sp³-hybridized carbons (Fsp3) is 0.400. The Bertz CT molecular complexity index is 2290. The number of thioether (sulfide) groups is 1. The number of carbonyl (C=O) groups excluding carboxylic acids is 7. The highest BCUT2D eigenvalue weighted by molar-refractivity contribution is 8.03. The molecule has 0 atom stereocenters. The van der Waals surface area contributed by atoms with Gasteiger partial charge in [-0.3, -0.25) is 33.8 Å². The van der Waals surface area contributed by atoms with E-state index in [-0.39, 0.29) is 41.5 Å². The van der Waals surface area contributed by atoms with E-state index in [0.717, 1.165) is 68.4 Å². The number of thiol groups is 1. The summed E-state index contributed by atoms with van der Waals surface area (Å²) in [7, 11) is 4.60. The first-order valence-electron chi connectivity index (χ1n) is 21.0. The largest absolute Gasteiger partial charge is 0.496 e. The number of hydrogen-bond acceptors (Lipinski definition) is 12. The highest BCUT2D eigenvalue weighted by atomic mass is 32.2. The lowest BCUT2D eigenvalue weighted by Gasteiger charge is -2.25. The molecule has 0 radical (unpaired) electrons. The van der Waals surface area contributed by atoms with E-state index in [0.29, 0.717) is 48.9 Å². The van der Waals surface area contributed by atoms with Crippen LogP contribution in [-0.2, 0) is 38.3 Å². The molecule has 2 aliphatic heterocycles. The van der Waals surface area contributed by atoms with Gasteiger partial charge in [-0.25, -0.2) is 0 Å². The molecule has 2 aromatic rings. The average molecular weight is 911 g/mol. The zero-order chi connectivity index (χ0) is 47.3. The number of amides is 4. The summed E-state index contributed by atoms with van der Waals surface area (Å²) in [5.74, 6) is 8.34. The van der Waals surface area contributed by atoms with Crippen molar-refractivity contribution in [3.63, 3.8) is 0 Å². The second kappa shape index (κ2) is 26.7. The summed E-state index contributed by atoms with van der Waals surface area (Å²) in [5, 5.41) is 0. The third kappa shape index (κ3) is 16.4. The van der Waals surface area contributed by atoms with Crippen molar-refractivity contribution in [1.29, 1.82) is 0 Å². The molecule has 0 bridgehead atoms. The number of esters is 1. The maximum atomic E-state index is 13.0. The highest BCUT2D eigenvalue weighted by Gasteiger charge is 2.30. The first kappa shape index (κ1) is 52.5. The van der Waals surface area contributed by atoms with Crippen molar-refractivity contribution in [2.75, 3.05) is 45.9 Å². The zero-order valence-corrected chi connectivity index (χ0v) is 39.6. The number of allylic oxidation sites excluding steroid dienone is 1. The van der Waals surface area contributed by atoms with Crippen molar-refractivity contribution in [2.24, 2.45) is 11.8 Å². The van der Waals surface area contributed by atoms with Crippen LogP contribution in [0.25, 0.3) is 12.2 Å². The third-order valence-corrected chi connectivity index (χ3v) is 11.6. The molecule has 340 valence electrons. The second-order valence-corrected chi connectivity index (χ2v) is 16.7. The molecule has 0 aromatic heterocycles. The summed E-state index contributed by atoms with van der Waals surface area (Å²) in [6.07, 6.45) is 18.6. The van der Waals surface area contributed by atoms with Crippen LogP contribution in [0.3, 0.4) is 0 Å². The number of methoxy groups -OCH3 is 3. The number of nitrogens with zero attached hydrogens (tertiary/aromatic N) is 2. The molecule has 2 fully saturated rings. The van der Waals surface area contributed by atoms with Crippen molar-refractivity contribution in [2.45, 2.75) is 73.1 Å². The van der Waals surface area contributed by atoms with Crippen LogP contribution in [0.5, 0.6) is 11.5 Å². The van der Waals surface area contributed by atoms with E-state index in [2.05, 4.69) is 42.2 Å². The van der Waals surface area contributed by atoms with Gasteiger partial charge in [0, 0.05) is 41.6 Å². The maximum Gasteiger partial charge on any atom is 0.373 e. The fourth-order valence-corrected chi connectivity index (χ4v) is 7.29. The Labute approximate surface area is 386 Å². The van der Waals surface area contributed by atoms with Gasteiger partial charge in [0.2, 0.25) is 0 Å². The lowest BCUT2D eigenvalue weighted by atomic mass is 10.0. The fourth-order valence-electron chi connectivity index (χ4n) is 6.23. The molecule has 2 heterocycles. The van der Waals surface area contributed by atoms with Gasteiger partial charge in [0.15, 0.2) is 0 Å². The van der Waals surface area contributed by atoms with Gasteiger partial charge < -0.3 is 14.2 Å². The molecule has 0 spiro atoms. The van der Waals surface area contributed by atoms with Crippen LogP contribution in [0.15, 0.2) is 70.7 Å². The summed E-state index contributed by atoms with van der Waals surface area (Å²) < 4.78 is 15.0. The van der Waals surface area contributed by atoms with E-state index in [9.17, 15) is 24.0 Å². The Balaban J connectivity index is 0.000000287. The Morgan fingerprint density at radius 3 is 1.70 bits per heavy atom. The lowest BCUT2D eigenvalue weighted by Crippen LogP contribution is -2.40. The normalized spacial score (nSPS) is 15.7. The summed E-state index contributed by atoms with van der Waals surface area (Å²) in [6.45, 7) is 10.9. The van der Waals surface area contributed by atoms with E-state index in [4.69, 9.17) is 19.1 Å². The van der Waals surface area contributed by atoms with Crippen molar-refractivity contribution in [3.05, 3.63) is 104 Å². The van der Waals surface area contributed by atoms with Gasteiger partial charge >= 0.3 is 12.1 Å². The molecule has 2 saturated carbocycles. The Morgan fingerprint density at radius 1 is 0.781 bits per heavy atom. The number of hydrogen-bond donors (Lipinski definition) is 1. The van der Waals surface area contributed by atoms with Gasteiger partial charge in [0.25, 0.3) is 23.6 Å². The first-order valence-corrected chi connectivity index (χ1v) is 22.6. The monoisotopic (exact) mass is 910 g/mol. The average Bonchev–Trinajstić information content (AvgIpc) is 4.24. The third-order valence-electron chi connectivity index (χ3n) is 10.4. The molecular formula is C50H58N2O10S2. The van der Waals surface area contributed by atoms with Gasteiger partial charge in [0.05, 0.1) is 32.7 Å². The molecule has 4 amide bonds. The number of aryl methyl sites for hydroxylation is 2. The topological polar surface area (TPSA) is 154 Å². The number of ether oxygens (including phenoxy) is 3. The summed E-state index contributed by atoms with van der Waals surface area (Å²) in [4.78, 5) is 80.6. The zero-order valence-electron chi connectivity index (χ0n) is 37.9. The van der Waals surface area contributed by atoms with Crippen LogP contribution in [0.2, 0.25) is 0 Å². The van der Waals surface area contributed by atoms with Crippen LogP contribution < -0.4 is 9.47 Å². The molecule has 0 saturated heterocycles. The van der Waals surface area contributed by atoms with Crippen LogP contribution in [0.1, 0.15) is 78.8 Å². The quantitative estimate of drug-likeness (QED) is 0.101. The Morgan fingerprint density at radius 2 is 1.28 bits per heavy atom. The van der Waals surface area contributed by atoms with E-state index in [1.54, 1.807) is 38.1 Å². The summed E-state index contributed by atoms with van der Waals surface area (Å²) in [6, 6.07) is 7.80. The van der Waals surface area contributed by atoms with Crippen molar-refractivity contribution < 1.29 is 47.8 Å². The van der Waals surface area contributed by atoms with Crippen molar-refractivity contribution in [3.8, 4) is 23.3 Å². The number of benzene rings is 2. The van der Waals surface area contributed by atoms with E-state index >= 15 is 0 Å². The van der Waals surface area contributed by atoms with Gasteiger partial charge in [-0.15, -0.1) is 11.8 Å². The molecule has 12 nitrogen and oxygen atoms in total. The predicted molar refractivity (Wildman–Crippen MR) is 252 cm³/mol. The predicted octanol–water partition coefficient (Wildman–Crippen LogP) is 7.99. The van der Waals surface area contributed by atoms with Crippen molar-refractivity contribution in [1.82, 2.24) is 9.80 Å². The van der Waals surface area contributed by atoms with Crippen LogP contribution in [-0.4, -0.2) is 91.5 Å². The molecular weight excluding hydrogens is 853 g/mol. The van der Waals surface area contributed by atoms with Gasteiger partial charge in [-0.05, 0) is 136 Å². The van der Waals surface area contributed by atoms with Crippen LogP contribution >= 0.6 is 24.4 Å². The molecule has 6 rings (SSSR count). The summed E-state index contributed by atoms with van der Waals surface area (Å²) >= 11 is 5.31. The number of carbonyl (C=O) groups is 5. The standard InChI is InChI=1S/C24H29NO3S.C22H23NO3.C3H6O2S.CO2/c1-5-29-22(15-18-8-9-18)20-7-6-12-25(24(20)27)23(26)11-10-19-13-16(2)17(3)21(14-19)28-4;1-15-13-18(14-20(26-3)16(15)2)9-11-21(24)23-12-4-5-19(22(23)25)10-8-17-6-7-17;1-5-3(4)2-6;2-1-3/h7,10-11,13-15,18H,5-6,8-9,12H2,1-4H3;5,9,11,13-14,17H,4,6-7,12H2,1-3H3;6H,2H2,1H3;/b11-10+,22-15?;11-9+;;. The molecule has 0 unspecified atom stereocenters. The van der Waals surface area contributed by atoms with Crippen LogP contribution in [0.4, 0.5) is 0 Å². The van der Waals surface area contributed by atoms with Crippen LogP contribution in [0, 0.1) is 51.4 Å². The molecule has 2 aromatic carbocycles. The van der Waals surface area contributed by atoms with E-state index < -0.39 is 0 Å². The minimum atomic E-state index is -0.314. The minimum absolute atomic E-state index is 0.163. The van der Waals surface area contributed by atoms with E-state index in [1.165, 1.54) is 41.9 Å². The van der Waals surface area contributed by atoms with Gasteiger partial charge in [0.1, 0.15) is 11.5 Å². The molecule has 14 heteroatoms. The Hall–Kier alpha value is -5.87. The summed E-state index contributed by atoms with van der Waals surface area (Å²) in [5.41, 5.74) is 7.23. The van der Waals surface area contributed by atoms with E-state index in [1.807, 2.05) is 64.1 Å².